The second-order valence-corrected chi connectivity index (χ2v) is 5.98. The molecule has 1 aliphatic rings. The third-order valence-electron chi connectivity index (χ3n) is 3.34. The largest absolute Gasteiger partial charge is 0.351 e. The van der Waals surface area contributed by atoms with Crippen LogP contribution in [-0.4, -0.2) is 56.3 Å². The number of hydrogen-bond acceptors (Lipinski definition) is 4. The molecule has 0 unspecified atom stereocenters. The summed E-state index contributed by atoms with van der Waals surface area (Å²) < 4.78 is 0. The molecule has 1 amide bonds. The van der Waals surface area contributed by atoms with Gasteiger partial charge in [0.25, 0.3) is 5.91 Å². The van der Waals surface area contributed by atoms with Gasteiger partial charge in [-0.3, -0.25) is 9.69 Å². The Hall–Kier alpha value is -0.750. The number of carbonyl (C=O) groups excluding carboxylic acids is 1. The van der Waals surface area contributed by atoms with Crippen LogP contribution in [0.5, 0.6) is 0 Å². The first-order chi connectivity index (χ1) is 9.70. The molecule has 1 aliphatic heterocycles. The van der Waals surface area contributed by atoms with Crippen LogP contribution >= 0.6 is 23.4 Å². The van der Waals surface area contributed by atoms with Gasteiger partial charge in [0.1, 0.15) is 0 Å². The summed E-state index contributed by atoms with van der Waals surface area (Å²) in [4.78, 5) is 15.5. The van der Waals surface area contributed by atoms with Crippen molar-refractivity contribution in [2.75, 3.05) is 45.5 Å². The quantitative estimate of drug-likeness (QED) is 0.812. The third kappa shape index (κ3) is 4.38. The summed E-state index contributed by atoms with van der Waals surface area (Å²) in [6.45, 7) is 5.66. The molecule has 0 atom stereocenters. The first-order valence-electron chi connectivity index (χ1n) is 6.75. The van der Waals surface area contributed by atoms with Crippen molar-refractivity contribution in [3.05, 3.63) is 28.8 Å². The highest BCUT2D eigenvalue weighted by Crippen LogP contribution is 2.22. The van der Waals surface area contributed by atoms with Crippen LogP contribution in [-0.2, 0) is 0 Å². The highest BCUT2D eigenvalue weighted by molar-refractivity contribution is 7.98. The number of carbonyl (C=O) groups is 1. The Morgan fingerprint density at radius 2 is 2.20 bits per heavy atom. The van der Waals surface area contributed by atoms with Crippen LogP contribution in [0.3, 0.4) is 0 Å². The maximum absolute atomic E-state index is 12.1. The van der Waals surface area contributed by atoms with Crippen molar-refractivity contribution >= 4 is 29.3 Å². The van der Waals surface area contributed by atoms with E-state index in [0.29, 0.717) is 17.1 Å². The van der Waals surface area contributed by atoms with Gasteiger partial charge in [-0.1, -0.05) is 11.6 Å². The van der Waals surface area contributed by atoms with Crippen LogP contribution in [0.1, 0.15) is 10.4 Å². The Morgan fingerprint density at radius 3 is 2.90 bits per heavy atom. The molecular weight excluding hydrogens is 294 g/mol. The van der Waals surface area contributed by atoms with E-state index < -0.39 is 0 Å². The molecule has 0 aliphatic carbocycles. The summed E-state index contributed by atoms with van der Waals surface area (Å²) in [7, 11) is 0. The van der Waals surface area contributed by atoms with Crippen molar-refractivity contribution in [1.29, 1.82) is 0 Å². The predicted molar refractivity (Wildman–Crippen MR) is 84.9 cm³/mol. The number of rotatable bonds is 5. The van der Waals surface area contributed by atoms with Crippen LogP contribution in [0.25, 0.3) is 0 Å². The Balaban J connectivity index is 1.84. The molecule has 1 saturated heterocycles. The highest BCUT2D eigenvalue weighted by atomic mass is 35.5. The van der Waals surface area contributed by atoms with E-state index in [1.54, 1.807) is 17.8 Å². The number of nitrogens with one attached hydrogen (secondary N) is 2. The van der Waals surface area contributed by atoms with E-state index in [4.69, 9.17) is 11.6 Å². The molecule has 0 aromatic heterocycles. The zero-order chi connectivity index (χ0) is 14.4. The van der Waals surface area contributed by atoms with E-state index in [1.165, 1.54) is 0 Å². The van der Waals surface area contributed by atoms with Crippen LogP contribution in [0.15, 0.2) is 23.1 Å². The van der Waals surface area contributed by atoms with Crippen molar-refractivity contribution in [2.24, 2.45) is 0 Å². The zero-order valence-corrected chi connectivity index (χ0v) is 13.2. The summed E-state index contributed by atoms with van der Waals surface area (Å²) in [6, 6.07) is 5.54. The Labute approximate surface area is 129 Å². The standard InChI is InChI=1S/C14H20ClN3OS/c1-20-11-2-3-13(15)12(10-11)14(19)17-6-9-18-7-4-16-5-8-18/h2-3,10,16H,4-9H2,1H3,(H,17,19). The molecule has 0 radical (unpaired) electrons. The van der Waals surface area contributed by atoms with Gasteiger partial charge in [0.2, 0.25) is 0 Å². The normalized spacial score (nSPS) is 16.1. The van der Waals surface area contributed by atoms with Crippen molar-refractivity contribution < 1.29 is 4.79 Å². The smallest absolute Gasteiger partial charge is 0.252 e. The average Bonchev–Trinajstić information content (AvgIpc) is 2.48. The van der Waals surface area contributed by atoms with Crippen LogP contribution in [0.2, 0.25) is 5.02 Å². The number of nitrogens with zero attached hydrogens (tertiary/aromatic N) is 1. The van der Waals surface area contributed by atoms with Gasteiger partial charge in [-0.2, -0.15) is 0 Å². The summed E-state index contributed by atoms with van der Waals surface area (Å²) >= 11 is 7.69. The van der Waals surface area contributed by atoms with Gasteiger partial charge in [-0.15, -0.1) is 11.8 Å². The predicted octanol–water partition coefficient (Wildman–Crippen LogP) is 1.70. The molecular formula is C14H20ClN3OS. The molecule has 1 heterocycles. The molecule has 2 rings (SSSR count). The van der Waals surface area contributed by atoms with Gasteiger partial charge < -0.3 is 10.6 Å². The lowest BCUT2D eigenvalue weighted by Gasteiger charge is -2.27. The molecule has 0 spiro atoms. The fourth-order valence-corrected chi connectivity index (χ4v) is 2.81. The number of thioether (sulfide) groups is 1. The number of amides is 1. The van der Waals surface area contributed by atoms with Gasteiger partial charge >= 0.3 is 0 Å². The fourth-order valence-electron chi connectivity index (χ4n) is 2.16. The topological polar surface area (TPSA) is 44.4 Å². The van der Waals surface area contributed by atoms with Gasteiger partial charge in [0.15, 0.2) is 0 Å². The summed E-state index contributed by atoms with van der Waals surface area (Å²) in [5, 5.41) is 6.76. The molecule has 110 valence electrons. The van der Waals surface area contributed by atoms with Crippen molar-refractivity contribution in [3.8, 4) is 0 Å². The maximum atomic E-state index is 12.1. The Bertz CT molecular complexity index is 464. The maximum Gasteiger partial charge on any atom is 0.252 e. The third-order valence-corrected chi connectivity index (χ3v) is 4.40. The molecule has 4 nitrogen and oxygen atoms in total. The Morgan fingerprint density at radius 1 is 1.45 bits per heavy atom. The van der Waals surface area contributed by atoms with Gasteiger partial charge in [-0.05, 0) is 24.5 Å². The van der Waals surface area contributed by atoms with E-state index >= 15 is 0 Å². The van der Waals surface area contributed by atoms with E-state index in [1.807, 2.05) is 18.4 Å². The van der Waals surface area contributed by atoms with Crippen molar-refractivity contribution in [3.63, 3.8) is 0 Å². The average molecular weight is 314 g/mol. The lowest BCUT2D eigenvalue weighted by Crippen LogP contribution is -2.46. The van der Waals surface area contributed by atoms with E-state index in [2.05, 4.69) is 15.5 Å². The zero-order valence-electron chi connectivity index (χ0n) is 11.6. The van der Waals surface area contributed by atoms with Gasteiger partial charge in [-0.25, -0.2) is 0 Å². The Kier molecular flexibility index (Phi) is 6.16. The number of piperazine rings is 1. The number of benzene rings is 1. The molecule has 1 aromatic carbocycles. The fraction of sp³-hybridized carbons (Fsp3) is 0.500. The first-order valence-corrected chi connectivity index (χ1v) is 8.36. The summed E-state index contributed by atoms with van der Waals surface area (Å²) in [5.74, 6) is -0.0963. The number of halogens is 1. The van der Waals surface area contributed by atoms with E-state index in [9.17, 15) is 4.79 Å². The summed E-state index contributed by atoms with van der Waals surface area (Å²) in [5.41, 5.74) is 0.554. The number of hydrogen-bond donors (Lipinski definition) is 2. The monoisotopic (exact) mass is 313 g/mol. The molecule has 2 N–H and O–H groups in total. The summed E-state index contributed by atoms with van der Waals surface area (Å²) in [6.07, 6.45) is 1.98. The van der Waals surface area contributed by atoms with Gasteiger partial charge in [0.05, 0.1) is 10.6 Å². The second-order valence-electron chi connectivity index (χ2n) is 4.69. The van der Waals surface area contributed by atoms with Crippen molar-refractivity contribution in [2.45, 2.75) is 4.90 Å². The van der Waals surface area contributed by atoms with Crippen LogP contribution in [0.4, 0.5) is 0 Å². The first kappa shape index (κ1) is 15.6. The lowest BCUT2D eigenvalue weighted by atomic mass is 10.2. The SMILES string of the molecule is CSc1ccc(Cl)c(C(=O)NCCN2CCNCC2)c1. The minimum absolute atomic E-state index is 0.0963. The van der Waals surface area contributed by atoms with Crippen molar-refractivity contribution in [1.82, 2.24) is 15.5 Å². The van der Waals surface area contributed by atoms with Crippen LogP contribution < -0.4 is 10.6 Å². The second kappa shape index (κ2) is 7.88. The van der Waals surface area contributed by atoms with E-state index in [0.717, 1.165) is 37.6 Å². The molecule has 1 aromatic rings. The van der Waals surface area contributed by atoms with Gasteiger partial charge in [0, 0.05) is 44.2 Å². The van der Waals surface area contributed by atoms with E-state index in [-0.39, 0.29) is 5.91 Å². The highest BCUT2D eigenvalue weighted by Gasteiger charge is 2.12. The van der Waals surface area contributed by atoms with Crippen LogP contribution in [0, 0.1) is 0 Å². The molecule has 20 heavy (non-hydrogen) atoms. The molecule has 0 bridgehead atoms. The minimum atomic E-state index is -0.0963. The molecule has 6 heteroatoms. The minimum Gasteiger partial charge on any atom is -0.351 e. The molecule has 0 saturated carbocycles. The molecule has 1 fully saturated rings. The lowest BCUT2D eigenvalue weighted by molar-refractivity contribution is 0.0947.